The number of carboxylic acids is 1. The number of anilines is 1. The van der Waals surface area contributed by atoms with E-state index in [1.54, 1.807) is 24.3 Å². The molecule has 1 aliphatic rings. The molecule has 1 saturated carbocycles. The minimum Gasteiger partial charge on any atom is -0.481 e. The smallest absolute Gasteiger partial charge is 0.307 e. The van der Waals surface area contributed by atoms with Crippen LogP contribution in [0, 0.1) is 0 Å². The summed E-state index contributed by atoms with van der Waals surface area (Å²) in [7, 11) is -3.32. The Morgan fingerprint density at radius 3 is 2.32 bits per heavy atom. The molecule has 5 nitrogen and oxygen atoms in total. The largest absolute Gasteiger partial charge is 0.481 e. The van der Waals surface area contributed by atoms with E-state index in [0.29, 0.717) is 24.1 Å². The number of hydrogen-bond donors (Lipinski definition) is 2. The lowest BCUT2D eigenvalue weighted by molar-refractivity contribution is -0.136. The van der Waals surface area contributed by atoms with Crippen molar-refractivity contribution in [3.63, 3.8) is 0 Å². The second-order valence-corrected chi connectivity index (χ2v) is 6.78. The summed E-state index contributed by atoms with van der Waals surface area (Å²) in [6, 6.07) is 6.46. The molecular formula is C13H17NO4S. The van der Waals surface area contributed by atoms with Crippen LogP contribution in [0.1, 0.15) is 31.2 Å². The van der Waals surface area contributed by atoms with E-state index in [9.17, 15) is 13.2 Å². The van der Waals surface area contributed by atoms with E-state index in [0.717, 1.165) is 12.8 Å². The molecule has 0 unspecified atom stereocenters. The SMILES string of the molecule is O=C(O)Cc1ccc(NS(=O)(=O)C2CCCC2)cc1. The average molecular weight is 283 g/mol. The maximum Gasteiger partial charge on any atom is 0.307 e. The molecule has 0 amide bonds. The van der Waals surface area contributed by atoms with Crippen molar-refractivity contribution in [3.8, 4) is 0 Å². The van der Waals surface area contributed by atoms with Crippen molar-refractivity contribution in [1.29, 1.82) is 0 Å². The molecule has 6 heteroatoms. The zero-order valence-electron chi connectivity index (χ0n) is 10.5. The van der Waals surface area contributed by atoms with Crippen molar-refractivity contribution >= 4 is 21.7 Å². The molecule has 0 spiro atoms. The van der Waals surface area contributed by atoms with Gasteiger partial charge in [-0.3, -0.25) is 9.52 Å². The molecule has 1 aliphatic carbocycles. The van der Waals surface area contributed by atoms with E-state index < -0.39 is 16.0 Å². The normalized spacial score (nSPS) is 16.4. The first kappa shape index (κ1) is 13.9. The minimum atomic E-state index is -3.32. The molecule has 19 heavy (non-hydrogen) atoms. The van der Waals surface area contributed by atoms with Gasteiger partial charge < -0.3 is 5.11 Å². The molecule has 0 radical (unpaired) electrons. The highest BCUT2D eigenvalue weighted by Gasteiger charge is 2.28. The molecular weight excluding hydrogens is 266 g/mol. The second kappa shape index (κ2) is 5.61. The van der Waals surface area contributed by atoms with Gasteiger partial charge in [-0.2, -0.15) is 0 Å². The predicted octanol–water partition coefficient (Wildman–Crippen LogP) is 2.00. The quantitative estimate of drug-likeness (QED) is 0.865. The van der Waals surface area contributed by atoms with Gasteiger partial charge in [0.25, 0.3) is 0 Å². The molecule has 0 aromatic heterocycles. The molecule has 0 bridgehead atoms. The highest BCUT2D eigenvalue weighted by Crippen LogP contribution is 2.26. The number of sulfonamides is 1. The van der Waals surface area contributed by atoms with Crippen molar-refractivity contribution in [2.24, 2.45) is 0 Å². The van der Waals surface area contributed by atoms with Crippen molar-refractivity contribution in [1.82, 2.24) is 0 Å². The molecule has 0 atom stereocenters. The van der Waals surface area contributed by atoms with Crippen LogP contribution in [0.3, 0.4) is 0 Å². The van der Waals surface area contributed by atoms with E-state index in [2.05, 4.69) is 4.72 Å². The minimum absolute atomic E-state index is 0.0599. The van der Waals surface area contributed by atoms with E-state index in [-0.39, 0.29) is 11.7 Å². The zero-order chi connectivity index (χ0) is 13.9. The lowest BCUT2D eigenvalue weighted by Crippen LogP contribution is -2.25. The molecule has 1 aromatic carbocycles. The van der Waals surface area contributed by atoms with E-state index >= 15 is 0 Å². The number of hydrogen-bond acceptors (Lipinski definition) is 3. The number of rotatable bonds is 5. The van der Waals surface area contributed by atoms with Crippen LogP contribution in [0.5, 0.6) is 0 Å². The van der Waals surface area contributed by atoms with Gasteiger partial charge in [-0.05, 0) is 30.5 Å². The number of aliphatic carboxylic acids is 1. The van der Waals surface area contributed by atoms with Crippen molar-refractivity contribution in [2.45, 2.75) is 37.4 Å². The lowest BCUT2D eigenvalue weighted by atomic mass is 10.1. The molecule has 2 rings (SSSR count). The molecule has 0 aliphatic heterocycles. The summed E-state index contributed by atoms with van der Waals surface area (Å²) in [6.07, 6.45) is 3.29. The molecule has 2 N–H and O–H groups in total. The maximum atomic E-state index is 12.1. The highest BCUT2D eigenvalue weighted by atomic mass is 32.2. The number of benzene rings is 1. The van der Waals surface area contributed by atoms with E-state index in [1.165, 1.54) is 0 Å². The van der Waals surface area contributed by atoms with Gasteiger partial charge in [0.15, 0.2) is 0 Å². The summed E-state index contributed by atoms with van der Waals surface area (Å²) in [5.41, 5.74) is 1.14. The standard InChI is InChI=1S/C13H17NO4S/c15-13(16)9-10-5-7-11(8-6-10)14-19(17,18)12-3-1-2-4-12/h5-8,12,14H,1-4,9H2,(H,15,16). The van der Waals surface area contributed by atoms with Crippen LogP contribution in [0.4, 0.5) is 5.69 Å². The van der Waals surface area contributed by atoms with Gasteiger partial charge in [-0.25, -0.2) is 8.42 Å². The van der Waals surface area contributed by atoms with Crippen LogP contribution in [0.2, 0.25) is 0 Å². The molecule has 104 valence electrons. The van der Waals surface area contributed by atoms with Crippen molar-refractivity contribution in [3.05, 3.63) is 29.8 Å². The Labute approximate surface area is 112 Å². The summed E-state index contributed by atoms with van der Waals surface area (Å²) in [5, 5.41) is 8.35. The van der Waals surface area contributed by atoms with Gasteiger partial charge >= 0.3 is 5.97 Å². The Kier molecular flexibility index (Phi) is 4.09. The number of carbonyl (C=O) groups is 1. The Bertz CT molecular complexity index is 545. The van der Waals surface area contributed by atoms with Gasteiger partial charge in [-0.15, -0.1) is 0 Å². The zero-order valence-corrected chi connectivity index (χ0v) is 11.3. The Hall–Kier alpha value is -1.56. The van der Waals surface area contributed by atoms with Crippen LogP contribution < -0.4 is 4.72 Å². The fourth-order valence-corrected chi connectivity index (χ4v) is 3.90. The van der Waals surface area contributed by atoms with E-state index in [4.69, 9.17) is 5.11 Å². The second-order valence-electron chi connectivity index (χ2n) is 4.82. The van der Waals surface area contributed by atoms with Crippen LogP contribution in [-0.4, -0.2) is 24.7 Å². The summed E-state index contributed by atoms with van der Waals surface area (Å²) < 4.78 is 26.7. The summed E-state index contributed by atoms with van der Waals surface area (Å²) in [5.74, 6) is -0.903. The maximum absolute atomic E-state index is 12.1. The van der Waals surface area contributed by atoms with Crippen molar-refractivity contribution < 1.29 is 18.3 Å². The third-order valence-corrected chi connectivity index (χ3v) is 5.18. The summed E-state index contributed by atoms with van der Waals surface area (Å²) in [6.45, 7) is 0. The first-order valence-corrected chi connectivity index (χ1v) is 7.84. The van der Waals surface area contributed by atoms with Crippen LogP contribution in [0.25, 0.3) is 0 Å². The number of nitrogens with one attached hydrogen (secondary N) is 1. The predicted molar refractivity (Wildman–Crippen MR) is 72.6 cm³/mol. The molecule has 0 heterocycles. The third kappa shape index (κ3) is 3.70. The third-order valence-electron chi connectivity index (χ3n) is 3.31. The Balaban J connectivity index is 2.04. The fraction of sp³-hybridized carbons (Fsp3) is 0.462. The topological polar surface area (TPSA) is 83.5 Å². The number of carboxylic acid groups (broad SMARTS) is 1. The van der Waals surface area contributed by atoms with Crippen LogP contribution >= 0.6 is 0 Å². The Morgan fingerprint density at radius 2 is 1.79 bits per heavy atom. The summed E-state index contributed by atoms with van der Waals surface area (Å²) >= 11 is 0. The van der Waals surface area contributed by atoms with Crippen molar-refractivity contribution in [2.75, 3.05) is 4.72 Å². The first-order chi connectivity index (χ1) is 8.97. The van der Waals surface area contributed by atoms with Gasteiger partial charge in [0.1, 0.15) is 0 Å². The van der Waals surface area contributed by atoms with Gasteiger partial charge in [0, 0.05) is 5.69 Å². The monoisotopic (exact) mass is 283 g/mol. The van der Waals surface area contributed by atoms with Gasteiger partial charge in [0.05, 0.1) is 11.7 Å². The lowest BCUT2D eigenvalue weighted by Gasteiger charge is -2.13. The first-order valence-electron chi connectivity index (χ1n) is 6.30. The van der Waals surface area contributed by atoms with Gasteiger partial charge in [-0.1, -0.05) is 25.0 Å². The van der Waals surface area contributed by atoms with Crippen LogP contribution in [-0.2, 0) is 21.2 Å². The van der Waals surface area contributed by atoms with E-state index in [1.807, 2.05) is 0 Å². The summed E-state index contributed by atoms with van der Waals surface area (Å²) in [4.78, 5) is 10.5. The average Bonchev–Trinajstić information content (AvgIpc) is 2.85. The Morgan fingerprint density at radius 1 is 1.21 bits per heavy atom. The molecule has 1 fully saturated rings. The fourth-order valence-electron chi connectivity index (χ4n) is 2.31. The molecule has 0 saturated heterocycles. The van der Waals surface area contributed by atoms with Gasteiger partial charge in [0.2, 0.25) is 10.0 Å². The highest BCUT2D eigenvalue weighted by molar-refractivity contribution is 7.93. The molecule has 1 aromatic rings. The van der Waals surface area contributed by atoms with Crippen LogP contribution in [0.15, 0.2) is 24.3 Å².